The quantitative estimate of drug-likeness (QED) is 0.836. The Morgan fingerprint density at radius 3 is 2.63 bits per heavy atom. The number of amides is 1. The van der Waals surface area contributed by atoms with Gasteiger partial charge in [-0.25, -0.2) is 0 Å². The Morgan fingerprint density at radius 2 is 2.05 bits per heavy atom. The molecule has 1 aromatic carbocycles. The van der Waals surface area contributed by atoms with Gasteiger partial charge in [-0.15, -0.1) is 0 Å². The van der Waals surface area contributed by atoms with Crippen molar-refractivity contribution in [3.05, 3.63) is 23.8 Å². The molecule has 1 saturated heterocycles. The molecule has 2 rings (SSSR count). The number of ether oxygens (including phenoxy) is 2. The maximum Gasteiger partial charge on any atom is 0.227 e. The summed E-state index contributed by atoms with van der Waals surface area (Å²) in [5, 5.41) is 0. The number of hydrogen-bond donors (Lipinski definition) is 0. The number of methoxy groups -OCH3 is 2. The third-order valence-corrected chi connectivity index (χ3v) is 3.68. The molecule has 1 atom stereocenters. The van der Waals surface area contributed by atoms with Crippen molar-refractivity contribution in [3.63, 3.8) is 0 Å². The van der Waals surface area contributed by atoms with E-state index in [1.54, 1.807) is 14.2 Å². The van der Waals surface area contributed by atoms with Crippen molar-refractivity contribution < 1.29 is 14.3 Å². The Morgan fingerprint density at radius 1 is 1.32 bits per heavy atom. The van der Waals surface area contributed by atoms with Crippen molar-refractivity contribution >= 4 is 5.91 Å². The van der Waals surface area contributed by atoms with Crippen LogP contribution in [-0.4, -0.2) is 37.6 Å². The number of likely N-dealkylation sites (tertiary alicyclic amines) is 1. The van der Waals surface area contributed by atoms with Gasteiger partial charge in [0.05, 0.1) is 20.6 Å². The van der Waals surface area contributed by atoms with Crippen LogP contribution in [0.1, 0.15) is 25.3 Å². The molecule has 1 fully saturated rings. The van der Waals surface area contributed by atoms with E-state index in [9.17, 15) is 4.79 Å². The SMILES string of the molecule is COc1ccc(CC(=O)N2CCCC2C)cc1OC. The third kappa shape index (κ3) is 3.00. The summed E-state index contributed by atoms with van der Waals surface area (Å²) in [6.07, 6.45) is 2.64. The van der Waals surface area contributed by atoms with Crippen LogP contribution in [0.5, 0.6) is 11.5 Å². The second kappa shape index (κ2) is 5.95. The van der Waals surface area contributed by atoms with Crippen molar-refractivity contribution in [2.75, 3.05) is 20.8 Å². The predicted octanol–water partition coefficient (Wildman–Crippen LogP) is 2.26. The van der Waals surface area contributed by atoms with Gasteiger partial charge in [-0.05, 0) is 37.5 Å². The Hall–Kier alpha value is -1.71. The van der Waals surface area contributed by atoms with Gasteiger partial charge in [0.15, 0.2) is 11.5 Å². The summed E-state index contributed by atoms with van der Waals surface area (Å²) < 4.78 is 10.4. The van der Waals surface area contributed by atoms with Gasteiger partial charge in [-0.2, -0.15) is 0 Å². The summed E-state index contributed by atoms with van der Waals surface area (Å²) in [6.45, 7) is 2.99. The molecule has 1 aliphatic heterocycles. The van der Waals surface area contributed by atoms with Gasteiger partial charge in [0.25, 0.3) is 0 Å². The van der Waals surface area contributed by atoms with E-state index < -0.39 is 0 Å². The number of carbonyl (C=O) groups is 1. The minimum atomic E-state index is 0.192. The highest BCUT2D eigenvalue weighted by atomic mass is 16.5. The first-order chi connectivity index (χ1) is 9.15. The molecule has 0 aliphatic carbocycles. The average molecular weight is 263 g/mol. The van der Waals surface area contributed by atoms with Gasteiger partial charge in [0.2, 0.25) is 5.91 Å². The fourth-order valence-corrected chi connectivity index (χ4v) is 2.57. The van der Waals surface area contributed by atoms with Crippen LogP contribution >= 0.6 is 0 Å². The van der Waals surface area contributed by atoms with Gasteiger partial charge < -0.3 is 14.4 Å². The normalized spacial score (nSPS) is 18.5. The summed E-state index contributed by atoms with van der Waals surface area (Å²) in [7, 11) is 3.21. The molecular formula is C15H21NO3. The molecule has 1 heterocycles. The molecule has 0 N–H and O–H groups in total. The number of hydrogen-bond acceptors (Lipinski definition) is 3. The van der Waals surface area contributed by atoms with E-state index in [0.717, 1.165) is 24.9 Å². The number of rotatable bonds is 4. The second-order valence-electron chi connectivity index (χ2n) is 4.94. The molecule has 1 aromatic rings. The Kier molecular flexibility index (Phi) is 4.30. The van der Waals surface area contributed by atoms with E-state index in [-0.39, 0.29) is 5.91 Å². The zero-order valence-electron chi connectivity index (χ0n) is 11.8. The van der Waals surface area contributed by atoms with Crippen LogP contribution in [0.2, 0.25) is 0 Å². The molecule has 0 radical (unpaired) electrons. The highest BCUT2D eigenvalue weighted by Gasteiger charge is 2.25. The van der Waals surface area contributed by atoms with E-state index in [2.05, 4.69) is 6.92 Å². The van der Waals surface area contributed by atoms with Crippen molar-refractivity contribution in [1.29, 1.82) is 0 Å². The lowest BCUT2D eigenvalue weighted by Crippen LogP contribution is -2.34. The van der Waals surface area contributed by atoms with Crippen LogP contribution in [0.25, 0.3) is 0 Å². The summed E-state index contributed by atoms with van der Waals surface area (Å²) in [5.41, 5.74) is 0.960. The van der Waals surface area contributed by atoms with Gasteiger partial charge in [-0.3, -0.25) is 4.79 Å². The second-order valence-corrected chi connectivity index (χ2v) is 4.94. The average Bonchev–Trinajstić information content (AvgIpc) is 2.85. The van der Waals surface area contributed by atoms with Gasteiger partial charge in [-0.1, -0.05) is 6.07 Å². The molecule has 1 unspecified atom stereocenters. The van der Waals surface area contributed by atoms with Crippen molar-refractivity contribution in [2.24, 2.45) is 0 Å². The smallest absolute Gasteiger partial charge is 0.227 e. The molecule has 104 valence electrons. The summed E-state index contributed by atoms with van der Waals surface area (Å²) in [4.78, 5) is 14.2. The first kappa shape index (κ1) is 13.7. The zero-order valence-corrected chi connectivity index (χ0v) is 11.8. The first-order valence-electron chi connectivity index (χ1n) is 6.66. The highest BCUT2D eigenvalue weighted by molar-refractivity contribution is 5.79. The molecule has 1 amide bonds. The van der Waals surface area contributed by atoms with Crippen LogP contribution in [0.15, 0.2) is 18.2 Å². The number of benzene rings is 1. The Bertz CT molecular complexity index is 459. The standard InChI is InChI=1S/C15H21NO3/c1-11-5-4-8-16(11)15(17)10-12-6-7-13(18-2)14(9-12)19-3/h6-7,9,11H,4-5,8,10H2,1-3H3. The zero-order chi connectivity index (χ0) is 13.8. The lowest BCUT2D eigenvalue weighted by atomic mass is 10.1. The maximum absolute atomic E-state index is 12.2. The van der Waals surface area contributed by atoms with Crippen LogP contribution in [0.4, 0.5) is 0 Å². The maximum atomic E-state index is 12.2. The van der Waals surface area contributed by atoms with Crippen LogP contribution < -0.4 is 9.47 Å². The molecule has 4 heteroatoms. The topological polar surface area (TPSA) is 38.8 Å². The third-order valence-electron chi connectivity index (χ3n) is 3.68. The van der Waals surface area contributed by atoms with E-state index in [0.29, 0.717) is 24.0 Å². The van der Waals surface area contributed by atoms with E-state index in [4.69, 9.17) is 9.47 Å². The molecule has 1 aliphatic rings. The molecule has 0 aromatic heterocycles. The monoisotopic (exact) mass is 263 g/mol. The molecule has 19 heavy (non-hydrogen) atoms. The largest absolute Gasteiger partial charge is 0.493 e. The number of carbonyl (C=O) groups excluding carboxylic acids is 1. The minimum Gasteiger partial charge on any atom is -0.493 e. The summed E-state index contributed by atoms with van der Waals surface area (Å²) in [5.74, 6) is 1.55. The predicted molar refractivity (Wildman–Crippen MR) is 73.7 cm³/mol. The van der Waals surface area contributed by atoms with Crippen LogP contribution in [0.3, 0.4) is 0 Å². The molecule has 0 bridgehead atoms. The van der Waals surface area contributed by atoms with Crippen molar-refractivity contribution in [2.45, 2.75) is 32.2 Å². The Balaban J connectivity index is 2.08. The van der Waals surface area contributed by atoms with Gasteiger partial charge in [0, 0.05) is 12.6 Å². The Labute approximate surface area is 114 Å². The number of nitrogens with zero attached hydrogens (tertiary/aromatic N) is 1. The lowest BCUT2D eigenvalue weighted by molar-refractivity contribution is -0.130. The first-order valence-corrected chi connectivity index (χ1v) is 6.66. The molecular weight excluding hydrogens is 242 g/mol. The molecule has 0 spiro atoms. The minimum absolute atomic E-state index is 0.192. The van der Waals surface area contributed by atoms with E-state index in [1.165, 1.54) is 0 Å². The van der Waals surface area contributed by atoms with Crippen molar-refractivity contribution in [1.82, 2.24) is 4.90 Å². The van der Waals surface area contributed by atoms with Gasteiger partial charge >= 0.3 is 0 Å². The van der Waals surface area contributed by atoms with Crippen molar-refractivity contribution in [3.8, 4) is 11.5 Å². The van der Waals surface area contributed by atoms with E-state index in [1.807, 2.05) is 23.1 Å². The fraction of sp³-hybridized carbons (Fsp3) is 0.533. The van der Waals surface area contributed by atoms with E-state index >= 15 is 0 Å². The van der Waals surface area contributed by atoms with Crippen LogP contribution in [-0.2, 0) is 11.2 Å². The van der Waals surface area contributed by atoms with Crippen LogP contribution in [0, 0.1) is 0 Å². The fourth-order valence-electron chi connectivity index (χ4n) is 2.57. The summed E-state index contributed by atoms with van der Waals surface area (Å²) >= 11 is 0. The highest BCUT2D eigenvalue weighted by Crippen LogP contribution is 2.28. The lowest BCUT2D eigenvalue weighted by Gasteiger charge is -2.21. The van der Waals surface area contributed by atoms with Gasteiger partial charge in [0.1, 0.15) is 0 Å². The summed E-state index contributed by atoms with van der Waals surface area (Å²) in [6, 6.07) is 6.00. The molecule has 4 nitrogen and oxygen atoms in total. The molecule has 0 saturated carbocycles.